The third-order valence-corrected chi connectivity index (χ3v) is 7.34. The summed E-state index contributed by atoms with van der Waals surface area (Å²) >= 11 is 0. The standard InChI is InChI=1S/C23H23F3N4O4/c1-12-3-6-23(4-2-5-23)30-11-28(12)22(34)18-20(32)19(31)15(10-29(18)30)21(33)27-9-14-16(25)7-13(24)8-17(14)26/h7-8,10,12,32H,2-6,9,11H2,1H3,(H,27,33)/t12-/m0/s1. The van der Waals surface area contributed by atoms with Crippen molar-refractivity contribution in [2.24, 2.45) is 0 Å². The van der Waals surface area contributed by atoms with Crippen LogP contribution in [0.1, 0.15) is 65.4 Å². The molecular formula is C23H23F3N4O4. The molecule has 0 radical (unpaired) electrons. The monoisotopic (exact) mass is 476 g/mol. The van der Waals surface area contributed by atoms with Crippen LogP contribution in [0, 0.1) is 17.5 Å². The minimum absolute atomic E-state index is 0.0818. The zero-order chi connectivity index (χ0) is 24.4. The number of nitrogens with one attached hydrogen (secondary N) is 1. The number of carbonyl (C=O) groups is 2. The van der Waals surface area contributed by atoms with Gasteiger partial charge in [-0.15, -0.1) is 0 Å². The first-order valence-electron chi connectivity index (χ1n) is 11.1. The van der Waals surface area contributed by atoms with Crippen LogP contribution in [-0.2, 0) is 6.54 Å². The Labute approximate surface area is 192 Å². The van der Waals surface area contributed by atoms with E-state index in [9.17, 15) is 32.7 Å². The Balaban J connectivity index is 1.53. The third kappa shape index (κ3) is 3.24. The van der Waals surface area contributed by atoms with Gasteiger partial charge in [-0.1, -0.05) is 0 Å². The zero-order valence-electron chi connectivity index (χ0n) is 18.4. The van der Waals surface area contributed by atoms with E-state index >= 15 is 0 Å². The number of pyridine rings is 1. The number of rotatable bonds is 3. The lowest BCUT2D eigenvalue weighted by Gasteiger charge is -2.53. The summed E-state index contributed by atoms with van der Waals surface area (Å²) in [5.41, 5.74) is -2.57. The highest BCUT2D eigenvalue weighted by Gasteiger charge is 2.50. The van der Waals surface area contributed by atoms with E-state index in [2.05, 4.69) is 5.32 Å². The molecule has 0 unspecified atom stereocenters. The van der Waals surface area contributed by atoms with Crippen molar-refractivity contribution >= 4 is 11.8 Å². The fourth-order valence-electron chi connectivity index (χ4n) is 5.13. The van der Waals surface area contributed by atoms with Gasteiger partial charge in [0.1, 0.15) is 29.7 Å². The maximum Gasteiger partial charge on any atom is 0.278 e. The number of amides is 2. The van der Waals surface area contributed by atoms with Crippen LogP contribution in [0.2, 0.25) is 0 Å². The molecule has 1 atom stereocenters. The summed E-state index contributed by atoms with van der Waals surface area (Å²) in [4.78, 5) is 40.4. The van der Waals surface area contributed by atoms with Crippen molar-refractivity contribution in [2.75, 3.05) is 11.7 Å². The van der Waals surface area contributed by atoms with Gasteiger partial charge in [-0.05, 0) is 39.0 Å². The van der Waals surface area contributed by atoms with E-state index in [0.29, 0.717) is 12.1 Å². The van der Waals surface area contributed by atoms with E-state index in [1.54, 1.807) is 4.90 Å². The Bertz CT molecular complexity index is 1250. The third-order valence-electron chi connectivity index (χ3n) is 7.34. The molecule has 1 aromatic carbocycles. The summed E-state index contributed by atoms with van der Waals surface area (Å²) in [6, 6.07) is 0.890. The molecule has 180 valence electrons. The molecule has 2 amide bonds. The number of aromatic nitrogens is 1. The first-order valence-corrected chi connectivity index (χ1v) is 11.1. The number of fused-ring (bicyclic) bond motifs is 5. The Morgan fingerprint density at radius 1 is 1.18 bits per heavy atom. The van der Waals surface area contributed by atoms with Crippen molar-refractivity contribution in [3.8, 4) is 5.75 Å². The molecule has 1 aromatic heterocycles. The lowest BCUT2D eigenvalue weighted by molar-refractivity contribution is 0.0594. The summed E-state index contributed by atoms with van der Waals surface area (Å²) in [5, 5.41) is 14.9. The van der Waals surface area contributed by atoms with Gasteiger partial charge in [0.15, 0.2) is 11.4 Å². The molecule has 2 fully saturated rings. The van der Waals surface area contributed by atoms with Gasteiger partial charge < -0.3 is 15.3 Å². The van der Waals surface area contributed by atoms with Gasteiger partial charge in [0.25, 0.3) is 11.8 Å². The minimum Gasteiger partial charge on any atom is -0.502 e. The van der Waals surface area contributed by atoms with E-state index in [0.717, 1.165) is 32.1 Å². The van der Waals surface area contributed by atoms with Crippen molar-refractivity contribution in [3.63, 3.8) is 0 Å². The average Bonchev–Trinajstić information content (AvgIpc) is 2.88. The van der Waals surface area contributed by atoms with Crippen LogP contribution in [0.5, 0.6) is 5.75 Å². The molecule has 1 spiro atoms. The summed E-state index contributed by atoms with van der Waals surface area (Å²) in [6.45, 7) is 1.53. The number of aromatic hydroxyl groups is 1. The predicted molar refractivity (Wildman–Crippen MR) is 114 cm³/mol. The van der Waals surface area contributed by atoms with Gasteiger partial charge in [0, 0.05) is 36.5 Å². The summed E-state index contributed by atoms with van der Waals surface area (Å²) in [7, 11) is 0. The maximum atomic E-state index is 13.9. The van der Waals surface area contributed by atoms with Crippen molar-refractivity contribution in [1.82, 2.24) is 14.9 Å². The molecule has 1 saturated carbocycles. The molecule has 5 rings (SSSR count). The highest BCUT2D eigenvalue weighted by Crippen LogP contribution is 2.45. The molecule has 2 aliphatic heterocycles. The normalized spacial score (nSPS) is 20.6. The van der Waals surface area contributed by atoms with Crippen molar-refractivity contribution in [1.29, 1.82) is 0 Å². The minimum atomic E-state index is -1.18. The Kier molecular flexibility index (Phi) is 5.10. The van der Waals surface area contributed by atoms with Crippen LogP contribution in [0.15, 0.2) is 23.1 Å². The number of halogens is 3. The lowest BCUT2D eigenvalue weighted by atomic mass is 9.73. The Morgan fingerprint density at radius 3 is 2.47 bits per heavy atom. The molecule has 11 heteroatoms. The van der Waals surface area contributed by atoms with Crippen molar-refractivity contribution < 1.29 is 27.9 Å². The van der Waals surface area contributed by atoms with Gasteiger partial charge in [-0.2, -0.15) is 0 Å². The van der Waals surface area contributed by atoms with Gasteiger partial charge in [-0.3, -0.25) is 24.1 Å². The van der Waals surface area contributed by atoms with E-state index in [1.807, 2.05) is 11.9 Å². The SMILES string of the molecule is C[C@H]1CCC2(CCC2)N2CN1C(=O)c1c(O)c(=O)c(C(=O)NCc3c(F)cc(F)cc3F)cn12. The molecule has 2 bridgehead atoms. The molecule has 3 heterocycles. The van der Waals surface area contributed by atoms with Crippen LogP contribution in [0.25, 0.3) is 0 Å². The zero-order valence-corrected chi connectivity index (χ0v) is 18.4. The topological polar surface area (TPSA) is 94.9 Å². The van der Waals surface area contributed by atoms with Gasteiger partial charge in [0.05, 0.1) is 5.54 Å². The largest absolute Gasteiger partial charge is 0.502 e. The van der Waals surface area contributed by atoms with E-state index in [1.165, 1.54) is 10.9 Å². The molecule has 8 nitrogen and oxygen atoms in total. The first kappa shape index (κ1) is 22.3. The second kappa shape index (κ2) is 7.78. The number of benzene rings is 1. The summed E-state index contributed by atoms with van der Waals surface area (Å²) in [5.74, 6) is -5.80. The smallest absolute Gasteiger partial charge is 0.278 e. The second-order valence-electron chi connectivity index (χ2n) is 9.23. The maximum absolute atomic E-state index is 13.9. The van der Waals surface area contributed by atoms with Crippen molar-refractivity contribution in [2.45, 2.75) is 57.2 Å². The second-order valence-corrected chi connectivity index (χ2v) is 9.23. The molecule has 3 aliphatic rings. The van der Waals surface area contributed by atoms with Gasteiger partial charge in [0.2, 0.25) is 5.43 Å². The van der Waals surface area contributed by atoms with Crippen LogP contribution in [0.3, 0.4) is 0 Å². The predicted octanol–water partition coefficient (Wildman–Crippen LogP) is 2.36. The first-order chi connectivity index (χ1) is 16.1. The Morgan fingerprint density at radius 2 is 1.85 bits per heavy atom. The number of nitrogens with zero attached hydrogens (tertiary/aromatic N) is 3. The fraction of sp³-hybridized carbons (Fsp3) is 0.435. The van der Waals surface area contributed by atoms with E-state index < -0.39 is 58.1 Å². The van der Waals surface area contributed by atoms with E-state index in [-0.39, 0.29) is 23.9 Å². The van der Waals surface area contributed by atoms with Gasteiger partial charge in [-0.25, -0.2) is 13.2 Å². The highest BCUT2D eigenvalue weighted by atomic mass is 19.1. The summed E-state index contributed by atoms with van der Waals surface area (Å²) < 4.78 is 42.4. The number of hydrogen-bond donors (Lipinski definition) is 2. The quantitative estimate of drug-likeness (QED) is 0.710. The Hall–Kier alpha value is -3.50. The molecule has 2 aromatic rings. The van der Waals surface area contributed by atoms with Gasteiger partial charge >= 0.3 is 0 Å². The molecule has 2 N–H and O–H groups in total. The lowest BCUT2D eigenvalue weighted by Crippen LogP contribution is -2.65. The van der Waals surface area contributed by atoms with Crippen LogP contribution < -0.4 is 15.8 Å². The number of carbonyl (C=O) groups excluding carboxylic acids is 2. The molecule has 1 saturated heterocycles. The highest BCUT2D eigenvalue weighted by molar-refractivity contribution is 5.99. The number of hydrogen-bond acceptors (Lipinski definition) is 5. The average molecular weight is 476 g/mol. The molecule has 34 heavy (non-hydrogen) atoms. The van der Waals surface area contributed by atoms with E-state index in [4.69, 9.17) is 0 Å². The summed E-state index contributed by atoms with van der Waals surface area (Å²) in [6.07, 6.45) is 5.54. The molecule has 1 aliphatic carbocycles. The fourth-order valence-corrected chi connectivity index (χ4v) is 5.13. The molecular weight excluding hydrogens is 453 g/mol. The van der Waals surface area contributed by atoms with Crippen LogP contribution in [-0.4, -0.2) is 44.7 Å². The van der Waals surface area contributed by atoms with Crippen LogP contribution in [0.4, 0.5) is 13.2 Å². The van der Waals surface area contributed by atoms with Crippen LogP contribution >= 0.6 is 0 Å². The van der Waals surface area contributed by atoms with Crippen molar-refractivity contribution in [3.05, 3.63) is 62.8 Å².